The van der Waals surface area contributed by atoms with Crippen molar-refractivity contribution in [3.63, 3.8) is 0 Å². The van der Waals surface area contributed by atoms with Crippen LogP contribution in [0.3, 0.4) is 0 Å². The molecule has 126 valence electrons. The zero-order valence-corrected chi connectivity index (χ0v) is 13.7. The third-order valence-electron chi connectivity index (χ3n) is 4.39. The third kappa shape index (κ3) is 3.54. The largest absolute Gasteiger partial charge is 0.478 e. The van der Waals surface area contributed by atoms with Crippen LogP contribution in [-0.2, 0) is 4.79 Å². The number of Topliss-reactive ketones (excluding diaryl/α,β-unsaturated/α-hetero) is 1. The van der Waals surface area contributed by atoms with Gasteiger partial charge in [-0.25, -0.2) is 9.78 Å². The van der Waals surface area contributed by atoms with Gasteiger partial charge < -0.3 is 10.0 Å². The maximum atomic E-state index is 11.6. The van der Waals surface area contributed by atoms with Crippen LogP contribution in [0.25, 0.3) is 10.9 Å². The van der Waals surface area contributed by atoms with Crippen molar-refractivity contribution < 1.29 is 14.7 Å². The van der Waals surface area contributed by atoms with E-state index in [9.17, 15) is 14.7 Å². The molecule has 1 N–H and O–H groups in total. The minimum Gasteiger partial charge on any atom is -0.478 e. The second kappa shape index (κ2) is 6.97. The van der Waals surface area contributed by atoms with Crippen LogP contribution in [0, 0.1) is 0 Å². The van der Waals surface area contributed by atoms with Gasteiger partial charge in [0, 0.05) is 44.5 Å². The van der Waals surface area contributed by atoms with Crippen LogP contribution in [0.1, 0.15) is 23.7 Å². The van der Waals surface area contributed by atoms with Gasteiger partial charge in [-0.3, -0.25) is 9.69 Å². The molecule has 2 aromatic rings. The van der Waals surface area contributed by atoms with E-state index < -0.39 is 5.97 Å². The minimum absolute atomic E-state index is 0.196. The summed E-state index contributed by atoms with van der Waals surface area (Å²) in [6.45, 7) is 5.41. The summed E-state index contributed by atoms with van der Waals surface area (Å²) in [5, 5.41) is 10.4. The zero-order chi connectivity index (χ0) is 17.1. The monoisotopic (exact) mass is 327 g/mol. The number of carbonyl (C=O) groups is 2. The summed E-state index contributed by atoms with van der Waals surface area (Å²) >= 11 is 0. The molecule has 0 unspecified atom stereocenters. The zero-order valence-electron chi connectivity index (χ0n) is 13.7. The highest BCUT2D eigenvalue weighted by atomic mass is 16.4. The van der Waals surface area contributed by atoms with Crippen molar-refractivity contribution in [2.45, 2.75) is 13.3 Å². The Kier molecular flexibility index (Phi) is 4.76. The fourth-order valence-electron chi connectivity index (χ4n) is 3.00. The van der Waals surface area contributed by atoms with E-state index in [2.05, 4.69) is 9.88 Å². The van der Waals surface area contributed by atoms with Crippen LogP contribution in [0.15, 0.2) is 30.3 Å². The quantitative estimate of drug-likeness (QED) is 0.906. The number of para-hydroxylation sites is 1. The Morgan fingerprint density at radius 2 is 1.88 bits per heavy atom. The molecule has 1 aliphatic rings. The van der Waals surface area contributed by atoms with E-state index in [1.54, 1.807) is 13.0 Å². The number of piperazine rings is 1. The number of hydrogen-bond donors (Lipinski definition) is 1. The number of carboxylic acid groups (broad SMARTS) is 1. The fraction of sp³-hybridized carbons (Fsp3) is 0.389. The van der Waals surface area contributed by atoms with E-state index in [-0.39, 0.29) is 11.3 Å². The number of carboxylic acids is 1. The predicted octanol–water partition coefficient (Wildman–Crippen LogP) is 2.03. The molecule has 0 atom stereocenters. The standard InChI is InChI=1S/C18H21N3O3/c1-13(22)6-7-20-8-10-21(11-9-20)17-15(18(23)24)12-14-4-2-3-5-16(14)19-17/h2-5,12H,6-11H2,1H3,(H,23,24). The molecular weight excluding hydrogens is 306 g/mol. The molecule has 1 aromatic heterocycles. The van der Waals surface area contributed by atoms with Crippen molar-refractivity contribution in [3.8, 4) is 0 Å². The van der Waals surface area contributed by atoms with Crippen molar-refractivity contribution in [2.24, 2.45) is 0 Å². The van der Waals surface area contributed by atoms with Crippen LogP contribution in [0.4, 0.5) is 5.82 Å². The lowest BCUT2D eigenvalue weighted by Crippen LogP contribution is -2.47. The second-order valence-electron chi connectivity index (χ2n) is 6.14. The average Bonchev–Trinajstić information content (AvgIpc) is 2.59. The summed E-state index contributed by atoms with van der Waals surface area (Å²) in [6.07, 6.45) is 0.564. The van der Waals surface area contributed by atoms with Crippen molar-refractivity contribution in [2.75, 3.05) is 37.6 Å². The molecule has 0 radical (unpaired) electrons. The van der Waals surface area contributed by atoms with Crippen molar-refractivity contribution in [3.05, 3.63) is 35.9 Å². The minimum atomic E-state index is -0.956. The third-order valence-corrected chi connectivity index (χ3v) is 4.39. The first-order valence-corrected chi connectivity index (χ1v) is 8.14. The topological polar surface area (TPSA) is 73.7 Å². The van der Waals surface area contributed by atoms with Crippen LogP contribution in [0.2, 0.25) is 0 Å². The first-order valence-electron chi connectivity index (χ1n) is 8.14. The normalized spacial score (nSPS) is 15.6. The van der Waals surface area contributed by atoms with Gasteiger partial charge in [-0.05, 0) is 19.1 Å². The van der Waals surface area contributed by atoms with Crippen LogP contribution < -0.4 is 4.90 Å². The predicted molar refractivity (Wildman–Crippen MR) is 92.7 cm³/mol. The Morgan fingerprint density at radius 3 is 2.54 bits per heavy atom. The summed E-state index contributed by atoms with van der Waals surface area (Å²) < 4.78 is 0. The van der Waals surface area contributed by atoms with E-state index in [1.807, 2.05) is 29.2 Å². The van der Waals surface area contributed by atoms with Gasteiger partial charge in [0.15, 0.2) is 0 Å². The Labute approximate surface area is 140 Å². The van der Waals surface area contributed by atoms with Crippen molar-refractivity contribution >= 4 is 28.5 Å². The molecule has 6 nitrogen and oxygen atoms in total. The molecule has 6 heteroatoms. The van der Waals surface area contributed by atoms with Crippen molar-refractivity contribution in [1.29, 1.82) is 0 Å². The maximum absolute atomic E-state index is 11.6. The SMILES string of the molecule is CC(=O)CCN1CCN(c2nc3ccccc3cc2C(=O)O)CC1. The molecule has 0 aliphatic carbocycles. The Bertz CT molecular complexity index is 767. The maximum Gasteiger partial charge on any atom is 0.339 e. The molecule has 0 spiro atoms. The van der Waals surface area contributed by atoms with E-state index in [1.165, 1.54) is 0 Å². The Morgan fingerprint density at radius 1 is 1.17 bits per heavy atom. The van der Waals surface area contributed by atoms with Gasteiger partial charge in [0.1, 0.15) is 17.2 Å². The highest BCUT2D eigenvalue weighted by Crippen LogP contribution is 2.24. The second-order valence-corrected chi connectivity index (χ2v) is 6.14. The molecule has 1 aromatic carbocycles. The van der Waals surface area contributed by atoms with E-state index in [4.69, 9.17) is 0 Å². The number of pyridine rings is 1. The van der Waals surface area contributed by atoms with Crippen molar-refractivity contribution in [1.82, 2.24) is 9.88 Å². The molecule has 24 heavy (non-hydrogen) atoms. The van der Waals surface area contributed by atoms with E-state index >= 15 is 0 Å². The fourth-order valence-corrected chi connectivity index (χ4v) is 3.00. The van der Waals surface area contributed by atoms with Crippen LogP contribution in [0.5, 0.6) is 0 Å². The lowest BCUT2D eigenvalue weighted by atomic mass is 10.1. The summed E-state index contributed by atoms with van der Waals surface area (Å²) in [5.74, 6) is -0.225. The van der Waals surface area contributed by atoms with Gasteiger partial charge in [-0.15, -0.1) is 0 Å². The molecule has 0 saturated carbocycles. The summed E-state index contributed by atoms with van der Waals surface area (Å²) in [6, 6.07) is 9.25. The molecule has 0 amide bonds. The van der Waals surface area contributed by atoms with Gasteiger partial charge in [0.05, 0.1) is 5.52 Å². The van der Waals surface area contributed by atoms with Gasteiger partial charge in [-0.1, -0.05) is 18.2 Å². The number of benzene rings is 1. The number of fused-ring (bicyclic) bond motifs is 1. The van der Waals surface area contributed by atoms with Crippen LogP contribution in [-0.4, -0.2) is 59.5 Å². The van der Waals surface area contributed by atoms with E-state index in [0.717, 1.165) is 30.5 Å². The number of carbonyl (C=O) groups excluding carboxylic acids is 1. The number of ketones is 1. The first-order chi connectivity index (χ1) is 11.5. The number of aromatic nitrogens is 1. The summed E-state index contributed by atoms with van der Waals surface area (Å²) in [7, 11) is 0. The molecule has 1 saturated heterocycles. The molecular formula is C18H21N3O3. The summed E-state index contributed by atoms with van der Waals surface area (Å²) in [4.78, 5) is 31.6. The van der Waals surface area contributed by atoms with Gasteiger partial charge in [0.2, 0.25) is 0 Å². The molecule has 3 rings (SSSR count). The van der Waals surface area contributed by atoms with Gasteiger partial charge in [0.25, 0.3) is 0 Å². The molecule has 1 aliphatic heterocycles. The lowest BCUT2D eigenvalue weighted by molar-refractivity contribution is -0.117. The summed E-state index contributed by atoms with van der Waals surface area (Å²) in [5.41, 5.74) is 1.04. The van der Waals surface area contributed by atoms with Gasteiger partial charge in [-0.2, -0.15) is 0 Å². The van der Waals surface area contributed by atoms with Gasteiger partial charge >= 0.3 is 5.97 Å². The molecule has 2 heterocycles. The molecule has 0 bridgehead atoms. The first kappa shape index (κ1) is 16.4. The highest BCUT2D eigenvalue weighted by Gasteiger charge is 2.23. The number of nitrogens with zero attached hydrogens (tertiary/aromatic N) is 3. The Balaban J connectivity index is 1.80. The number of hydrogen-bond acceptors (Lipinski definition) is 5. The molecule has 1 fully saturated rings. The van der Waals surface area contributed by atoms with Crippen LogP contribution >= 0.6 is 0 Å². The lowest BCUT2D eigenvalue weighted by Gasteiger charge is -2.35. The number of anilines is 1. The number of rotatable bonds is 5. The smallest absolute Gasteiger partial charge is 0.339 e. The Hall–Kier alpha value is -2.47. The highest BCUT2D eigenvalue weighted by molar-refractivity contribution is 5.98. The average molecular weight is 327 g/mol. The number of aromatic carboxylic acids is 1. The van der Waals surface area contributed by atoms with E-state index in [0.29, 0.717) is 25.3 Å².